The van der Waals surface area contributed by atoms with Crippen LogP contribution in [0.5, 0.6) is 0 Å². The number of aromatic amines is 1. The predicted octanol–water partition coefficient (Wildman–Crippen LogP) is 3.98. The first-order valence-electron chi connectivity index (χ1n) is 8.17. The first kappa shape index (κ1) is 18.5. The topological polar surface area (TPSA) is 83.8 Å². The van der Waals surface area contributed by atoms with Gasteiger partial charge in [0.1, 0.15) is 23.0 Å². The summed E-state index contributed by atoms with van der Waals surface area (Å²) in [6, 6.07) is 7.34. The second-order valence-electron chi connectivity index (χ2n) is 5.72. The highest BCUT2D eigenvalue weighted by molar-refractivity contribution is 6.30. The van der Waals surface area contributed by atoms with Crippen molar-refractivity contribution < 1.29 is 9.21 Å². The Bertz CT molecular complexity index is 887. The summed E-state index contributed by atoms with van der Waals surface area (Å²) in [6.45, 7) is 2.30. The van der Waals surface area contributed by atoms with Gasteiger partial charge in [0.05, 0.1) is 6.20 Å². The zero-order valence-electron chi connectivity index (χ0n) is 14.2. The smallest absolute Gasteiger partial charge is 0.245 e. The van der Waals surface area contributed by atoms with Crippen LogP contribution in [0.25, 0.3) is 22.8 Å². The van der Waals surface area contributed by atoms with E-state index in [1.54, 1.807) is 18.3 Å². The van der Waals surface area contributed by atoms with Crippen LogP contribution in [0, 0.1) is 6.92 Å². The normalized spacial score (nSPS) is 10.9. The number of hydrogen-bond donors (Lipinski definition) is 2. The minimum atomic E-state index is -0.0805. The minimum Gasteiger partial charge on any atom is -0.439 e. The average Bonchev–Trinajstić information content (AvgIpc) is 3.25. The number of alkyl halides is 1. The second kappa shape index (κ2) is 8.38. The number of nitrogens with one attached hydrogen (secondary N) is 2. The van der Waals surface area contributed by atoms with Gasteiger partial charge in [0.2, 0.25) is 11.8 Å². The zero-order chi connectivity index (χ0) is 18.5. The van der Waals surface area contributed by atoms with Gasteiger partial charge in [-0.1, -0.05) is 23.7 Å². The summed E-state index contributed by atoms with van der Waals surface area (Å²) in [7, 11) is 0. The fourth-order valence-electron chi connectivity index (χ4n) is 2.50. The molecule has 2 aromatic heterocycles. The Morgan fingerprint density at radius 1 is 1.31 bits per heavy atom. The molecular formula is C18H18Cl2N4O2. The van der Waals surface area contributed by atoms with Gasteiger partial charge in [-0.2, -0.15) is 0 Å². The van der Waals surface area contributed by atoms with Crippen LogP contribution >= 0.6 is 23.2 Å². The van der Waals surface area contributed by atoms with Gasteiger partial charge in [0.25, 0.3) is 0 Å². The molecule has 0 unspecified atom stereocenters. The number of hydrogen-bond acceptors (Lipinski definition) is 4. The molecule has 26 heavy (non-hydrogen) atoms. The van der Waals surface area contributed by atoms with Crippen LogP contribution in [0.2, 0.25) is 5.02 Å². The quantitative estimate of drug-likeness (QED) is 0.595. The van der Waals surface area contributed by atoms with E-state index in [9.17, 15) is 4.79 Å². The average molecular weight is 393 g/mol. The number of carbonyl (C=O) groups is 1. The first-order chi connectivity index (χ1) is 12.6. The van der Waals surface area contributed by atoms with Crippen molar-refractivity contribution in [3.63, 3.8) is 0 Å². The molecule has 136 valence electrons. The van der Waals surface area contributed by atoms with Crippen LogP contribution in [0.4, 0.5) is 0 Å². The van der Waals surface area contributed by atoms with E-state index in [1.165, 1.54) is 0 Å². The van der Waals surface area contributed by atoms with Crippen LogP contribution in [-0.2, 0) is 11.2 Å². The van der Waals surface area contributed by atoms with Crippen molar-refractivity contribution in [2.45, 2.75) is 19.8 Å². The van der Waals surface area contributed by atoms with Crippen LogP contribution in [0.3, 0.4) is 0 Å². The monoisotopic (exact) mass is 392 g/mol. The van der Waals surface area contributed by atoms with Crippen molar-refractivity contribution in [1.82, 2.24) is 20.3 Å². The summed E-state index contributed by atoms with van der Waals surface area (Å²) in [5.74, 6) is 2.14. The van der Waals surface area contributed by atoms with Crippen LogP contribution in [0.1, 0.15) is 18.0 Å². The predicted molar refractivity (Wildman–Crippen MR) is 101 cm³/mol. The van der Waals surface area contributed by atoms with E-state index < -0.39 is 0 Å². The summed E-state index contributed by atoms with van der Waals surface area (Å²) in [6.07, 6.45) is 2.38. The first-order valence-corrected chi connectivity index (χ1v) is 9.08. The lowest BCUT2D eigenvalue weighted by molar-refractivity contribution is -0.121. The van der Waals surface area contributed by atoms with E-state index in [-0.39, 0.29) is 12.3 Å². The highest BCUT2D eigenvalue weighted by Crippen LogP contribution is 2.30. The molecular weight excluding hydrogens is 375 g/mol. The van der Waals surface area contributed by atoms with Crippen molar-refractivity contribution in [1.29, 1.82) is 0 Å². The van der Waals surface area contributed by atoms with Gasteiger partial charge in [-0.25, -0.2) is 9.97 Å². The van der Waals surface area contributed by atoms with Gasteiger partial charge in [-0.3, -0.25) is 4.79 Å². The molecule has 0 aliphatic carbocycles. The number of rotatable bonds is 7. The van der Waals surface area contributed by atoms with E-state index in [0.717, 1.165) is 11.4 Å². The van der Waals surface area contributed by atoms with Gasteiger partial charge < -0.3 is 14.7 Å². The number of carbonyl (C=O) groups excluding carboxylic acids is 1. The highest BCUT2D eigenvalue weighted by Gasteiger charge is 2.18. The number of oxazole rings is 1. The second-order valence-corrected chi connectivity index (χ2v) is 6.53. The molecule has 0 atom stereocenters. The maximum atomic E-state index is 11.9. The summed E-state index contributed by atoms with van der Waals surface area (Å²) in [5.41, 5.74) is 2.25. The molecule has 0 aliphatic rings. The lowest BCUT2D eigenvalue weighted by Gasteiger charge is -2.03. The third-order valence-corrected chi connectivity index (χ3v) is 4.19. The molecule has 8 heteroatoms. The Balaban J connectivity index is 1.88. The van der Waals surface area contributed by atoms with Crippen LogP contribution in [0.15, 0.2) is 34.9 Å². The largest absolute Gasteiger partial charge is 0.439 e. The van der Waals surface area contributed by atoms with Crippen molar-refractivity contribution in [3.8, 4) is 22.8 Å². The van der Waals surface area contributed by atoms with Crippen molar-refractivity contribution >= 4 is 29.1 Å². The summed E-state index contributed by atoms with van der Waals surface area (Å²) in [5, 5.41) is 3.39. The molecule has 0 radical (unpaired) electrons. The van der Waals surface area contributed by atoms with Crippen molar-refractivity contribution in [2.75, 3.05) is 12.4 Å². The summed E-state index contributed by atoms with van der Waals surface area (Å²) in [4.78, 5) is 23.8. The number of H-pyrrole nitrogens is 1. The maximum Gasteiger partial charge on any atom is 0.245 e. The van der Waals surface area contributed by atoms with E-state index >= 15 is 0 Å². The third kappa shape index (κ3) is 4.45. The third-order valence-electron chi connectivity index (χ3n) is 3.74. The Morgan fingerprint density at radius 2 is 2.08 bits per heavy atom. The SMILES string of the molecule is Cc1ncc(-c2nc(-c3ccc(Cl)cc3)c(CCC(=O)NCCCl)o2)[nH]1. The van der Waals surface area contributed by atoms with Crippen molar-refractivity contribution in [2.24, 2.45) is 0 Å². The molecule has 2 heterocycles. The number of nitrogens with zero attached hydrogens (tertiary/aromatic N) is 2. The fraction of sp³-hybridized carbons (Fsp3) is 0.278. The molecule has 0 bridgehead atoms. The van der Waals surface area contributed by atoms with E-state index in [1.807, 2.05) is 19.1 Å². The number of imidazole rings is 1. The van der Waals surface area contributed by atoms with Gasteiger partial charge >= 0.3 is 0 Å². The number of halogens is 2. The standard InChI is InChI=1S/C18H18Cl2N4O2/c1-11-22-10-14(23-11)18-24-17(12-2-4-13(20)5-3-12)15(26-18)6-7-16(25)21-9-8-19/h2-5,10H,6-9H2,1H3,(H,21,25)(H,22,23). The van der Waals surface area contributed by atoms with E-state index in [2.05, 4.69) is 20.3 Å². The molecule has 0 spiro atoms. The number of amides is 1. The number of aromatic nitrogens is 3. The fourth-order valence-corrected chi connectivity index (χ4v) is 2.72. The van der Waals surface area contributed by atoms with Crippen LogP contribution in [-0.4, -0.2) is 33.3 Å². The Kier molecular flexibility index (Phi) is 5.96. The van der Waals surface area contributed by atoms with Gasteiger partial charge in [0.15, 0.2) is 0 Å². The molecule has 1 aromatic carbocycles. The maximum absolute atomic E-state index is 11.9. The minimum absolute atomic E-state index is 0.0805. The van der Waals surface area contributed by atoms with Gasteiger partial charge in [-0.15, -0.1) is 11.6 Å². The zero-order valence-corrected chi connectivity index (χ0v) is 15.7. The molecule has 0 aliphatic heterocycles. The van der Waals surface area contributed by atoms with Gasteiger partial charge in [0, 0.05) is 35.9 Å². The number of aryl methyl sites for hydroxylation is 2. The summed E-state index contributed by atoms with van der Waals surface area (Å²) < 4.78 is 5.93. The molecule has 6 nitrogen and oxygen atoms in total. The lowest BCUT2D eigenvalue weighted by atomic mass is 10.1. The Labute approximate surface area is 160 Å². The van der Waals surface area contributed by atoms with Crippen molar-refractivity contribution in [3.05, 3.63) is 47.1 Å². The number of benzene rings is 1. The molecule has 0 saturated heterocycles. The van der Waals surface area contributed by atoms with Gasteiger partial charge in [-0.05, 0) is 19.1 Å². The molecule has 2 N–H and O–H groups in total. The van der Waals surface area contributed by atoms with Crippen LogP contribution < -0.4 is 5.32 Å². The Morgan fingerprint density at radius 3 is 2.73 bits per heavy atom. The Hall–Kier alpha value is -2.31. The highest BCUT2D eigenvalue weighted by atomic mass is 35.5. The molecule has 0 fully saturated rings. The molecule has 3 aromatic rings. The molecule has 1 amide bonds. The molecule has 3 rings (SSSR count). The van der Waals surface area contributed by atoms with E-state index in [4.69, 9.17) is 27.6 Å². The summed E-state index contributed by atoms with van der Waals surface area (Å²) >= 11 is 11.6. The lowest BCUT2D eigenvalue weighted by Crippen LogP contribution is -2.25. The van der Waals surface area contributed by atoms with E-state index in [0.29, 0.717) is 46.9 Å². The molecule has 0 saturated carbocycles.